The summed E-state index contributed by atoms with van der Waals surface area (Å²) < 4.78 is 12.3. The zero-order valence-electron chi connectivity index (χ0n) is 14.7. The first-order valence-corrected chi connectivity index (χ1v) is 9.50. The Morgan fingerprint density at radius 1 is 1.42 bits per heavy atom. The van der Waals surface area contributed by atoms with Gasteiger partial charge in [-0.15, -0.1) is 0 Å². The lowest BCUT2D eigenvalue weighted by molar-refractivity contribution is 0.0505. The average molecular weight is 446 g/mol. The molecule has 1 aromatic carbocycles. The number of carbonyl (C=O) groups is 1. The van der Waals surface area contributed by atoms with E-state index in [0.29, 0.717) is 6.61 Å². The predicted molar refractivity (Wildman–Crippen MR) is 103 cm³/mol. The van der Waals surface area contributed by atoms with Gasteiger partial charge in [0.05, 0.1) is 6.61 Å². The minimum absolute atomic E-state index is 0.177. The first kappa shape index (κ1) is 19.3. The molecule has 24 heavy (non-hydrogen) atoms. The minimum Gasteiger partial charge on any atom is -0.494 e. The molecule has 0 aliphatic carbocycles. The Kier molecular flexibility index (Phi) is 7.16. The van der Waals surface area contributed by atoms with E-state index in [0.717, 1.165) is 38.2 Å². The van der Waals surface area contributed by atoms with Crippen LogP contribution in [0.1, 0.15) is 33.6 Å². The van der Waals surface area contributed by atoms with E-state index in [1.807, 2.05) is 39.0 Å². The molecular formula is C18H27IN2O3. The SMILES string of the molecule is CC(C)(C)OC(=O)NC1CCN(CCCOc2cccc(I)c2)C1. The predicted octanol–water partition coefficient (Wildman–Crippen LogP) is 3.66. The van der Waals surface area contributed by atoms with E-state index in [2.05, 4.69) is 38.9 Å². The van der Waals surface area contributed by atoms with Crippen LogP contribution in [0.3, 0.4) is 0 Å². The van der Waals surface area contributed by atoms with Crippen LogP contribution in [0.4, 0.5) is 4.79 Å². The molecule has 0 spiro atoms. The highest BCUT2D eigenvalue weighted by Crippen LogP contribution is 2.15. The topological polar surface area (TPSA) is 50.8 Å². The van der Waals surface area contributed by atoms with Crippen molar-refractivity contribution in [3.63, 3.8) is 0 Å². The molecule has 1 atom stereocenters. The first-order chi connectivity index (χ1) is 11.3. The van der Waals surface area contributed by atoms with Crippen LogP contribution >= 0.6 is 22.6 Å². The summed E-state index contributed by atoms with van der Waals surface area (Å²) in [4.78, 5) is 14.2. The molecule has 0 aromatic heterocycles. The Morgan fingerprint density at radius 2 is 2.21 bits per heavy atom. The fourth-order valence-corrected chi connectivity index (χ4v) is 3.18. The summed E-state index contributed by atoms with van der Waals surface area (Å²) in [6.45, 7) is 9.20. The number of halogens is 1. The minimum atomic E-state index is -0.449. The fourth-order valence-electron chi connectivity index (χ4n) is 2.66. The average Bonchev–Trinajstić information content (AvgIpc) is 2.89. The lowest BCUT2D eigenvalue weighted by atomic mass is 10.2. The molecule has 1 aliphatic rings. The van der Waals surface area contributed by atoms with Crippen LogP contribution < -0.4 is 10.1 Å². The zero-order chi connectivity index (χ0) is 17.6. The van der Waals surface area contributed by atoms with Crippen molar-refractivity contribution in [1.82, 2.24) is 10.2 Å². The van der Waals surface area contributed by atoms with Gasteiger partial charge in [0.2, 0.25) is 0 Å². The van der Waals surface area contributed by atoms with Gasteiger partial charge in [-0.3, -0.25) is 0 Å². The number of alkyl carbamates (subject to hydrolysis) is 1. The Bertz CT molecular complexity index is 545. The van der Waals surface area contributed by atoms with Crippen LogP contribution in [0.25, 0.3) is 0 Å². The molecular weight excluding hydrogens is 419 g/mol. The highest BCUT2D eigenvalue weighted by Gasteiger charge is 2.25. The van der Waals surface area contributed by atoms with Gasteiger partial charge in [0.25, 0.3) is 0 Å². The summed E-state index contributed by atoms with van der Waals surface area (Å²) in [7, 11) is 0. The van der Waals surface area contributed by atoms with E-state index in [1.165, 1.54) is 3.57 Å². The van der Waals surface area contributed by atoms with Gasteiger partial charge in [-0.05, 0) is 74.4 Å². The third kappa shape index (κ3) is 7.25. The molecule has 1 amide bonds. The highest BCUT2D eigenvalue weighted by molar-refractivity contribution is 14.1. The molecule has 1 aromatic rings. The molecule has 6 heteroatoms. The summed E-state index contributed by atoms with van der Waals surface area (Å²) in [5, 5.41) is 2.95. The maximum Gasteiger partial charge on any atom is 0.407 e. The molecule has 134 valence electrons. The van der Waals surface area contributed by atoms with E-state index in [-0.39, 0.29) is 12.1 Å². The lowest BCUT2D eigenvalue weighted by Gasteiger charge is -2.22. The second-order valence-corrected chi connectivity index (χ2v) is 8.34. The summed E-state index contributed by atoms with van der Waals surface area (Å²) in [5.74, 6) is 0.924. The summed E-state index contributed by atoms with van der Waals surface area (Å²) in [6.07, 6.45) is 1.62. The number of likely N-dealkylation sites (tertiary alicyclic amines) is 1. The molecule has 1 N–H and O–H groups in total. The van der Waals surface area contributed by atoms with E-state index < -0.39 is 5.60 Å². The van der Waals surface area contributed by atoms with Crippen molar-refractivity contribution in [3.8, 4) is 5.75 Å². The van der Waals surface area contributed by atoms with Crippen LogP contribution in [0.5, 0.6) is 5.75 Å². The second kappa shape index (κ2) is 8.89. The normalized spacial score (nSPS) is 18.4. The number of benzene rings is 1. The Morgan fingerprint density at radius 3 is 2.92 bits per heavy atom. The number of rotatable bonds is 6. The van der Waals surface area contributed by atoms with Crippen LogP contribution in [0.15, 0.2) is 24.3 Å². The Hall–Kier alpha value is -1.02. The van der Waals surface area contributed by atoms with Gasteiger partial charge in [0.1, 0.15) is 11.4 Å². The summed E-state index contributed by atoms with van der Waals surface area (Å²) in [5.41, 5.74) is -0.449. The first-order valence-electron chi connectivity index (χ1n) is 8.42. The van der Waals surface area contributed by atoms with Crippen molar-refractivity contribution in [1.29, 1.82) is 0 Å². The fraction of sp³-hybridized carbons (Fsp3) is 0.611. The third-order valence-electron chi connectivity index (χ3n) is 3.68. The van der Waals surface area contributed by atoms with Crippen molar-refractivity contribution >= 4 is 28.7 Å². The zero-order valence-corrected chi connectivity index (χ0v) is 16.8. The number of amides is 1. The molecule has 1 aliphatic heterocycles. The molecule has 2 rings (SSSR count). The van der Waals surface area contributed by atoms with Gasteiger partial charge in [0.15, 0.2) is 0 Å². The molecule has 1 heterocycles. The second-order valence-electron chi connectivity index (χ2n) is 7.09. The maximum atomic E-state index is 11.8. The maximum absolute atomic E-state index is 11.8. The number of carbonyl (C=O) groups excluding carboxylic acids is 1. The van der Waals surface area contributed by atoms with Gasteiger partial charge in [-0.25, -0.2) is 4.79 Å². The monoisotopic (exact) mass is 446 g/mol. The number of nitrogens with zero attached hydrogens (tertiary/aromatic N) is 1. The quantitative estimate of drug-likeness (QED) is 0.536. The summed E-state index contributed by atoms with van der Waals surface area (Å²) in [6, 6.07) is 8.26. The van der Waals surface area contributed by atoms with Crippen molar-refractivity contribution in [2.24, 2.45) is 0 Å². The Balaban J connectivity index is 1.61. The van der Waals surface area contributed by atoms with Crippen molar-refractivity contribution in [2.45, 2.75) is 45.3 Å². The van der Waals surface area contributed by atoms with Crippen molar-refractivity contribution in [3.05, 3.63) is 27.8 Å². The largest absolute Gasteiger partial charge is 0.494 e. The van der Waals surface area contributed by atoms with Crippen LogP contribution in [-0.4, -0.2) is 48.9 Å². The molecule has 1 fully saturated rings. The number of hydrogen-bond acceptors (Lipinski definition) is 4. The van der Waals surface area contributed by atoms with E-state index in [9.17, 15) is 4.79 Å². The van der Waals surface area contributed by atoms with E-state index >= 15 is 0 Å². The van der Waals surface area contributed by atoms with Gasteiger partial charge < -0.3 is 19.7 Å². The number of ether oxygens (including phenoxy) is 2. The standard InChI is InChI=1S/C18H27IN2O3/c1-18(2,3)24-17(22)20-15-8-10-21(13-15)9-5-11-23-16-7-4-6-14(19)12-16/h4,6-7,12,15H,5,8-11,13H2,1-3H3,(H,20,22). The molecule has 0 radical (unpaired) electrons. The molecule has 1 saturated heterocycles. The van der Waals surface area contributed by atoms with Gasteiger partial charge in [-0.1, -0.05) is 6.07 Å². The van der Waals surface area contributed by atoms with Crippen LogP contribution in [0.2, 0.25) is 0 Å². The third-order valence-corrected chi connectivity index (χ3v) is 4.35. The molecule has 1 unspecified atom stereocenters. The van der Waals surface area contributed by atoms with Crippen LogP contribution in [-0.2, 0) is 4.74 Å². The van der Waals surface area contributed by atoms with Gasteiger partial charge >= 0.3 is 6.09 Å². The lowest BCUT2D eigenvalue weighted by Crippen LogP contribution is -2.40. The summed E-state index contributed by atoms with van der Waals surface area (Å²) >= 11 is 2.28. The molecule has 0 bridgehead atoms. The van der Waals surface area contributed by atoms with Crippen LogP contribution in [0, 0.1) is 3.57 Å². The van der Waals surface area contributed by atoms with Crippen molar-refractivity contribution < 1.29 is 14.3 Å². The number of hydrogen-bond donors (Lipinski definition) is 1. The highest BCUT2D eigenvalue weighted by atomic mass is 127. The molecule has 0 saturated carbocycles. The van der Waals surface area contributed by atoms with Crippen molar-refractivity contribution in [2.75, 3.05) is 26.2 Å². The van der Waals surface area contributed by atoms with Gasteiger partial charge in [-0.2, -0.15) is 0 Å². The Labute approximate surface area is 158 Å². The van der Waals surface area contributed by atoms with Gasteiger partial charge in [0, 0.05) is 29.2 Å². The molecule has 5 nitrogen and oxygen atoms in total. The van der Waals surface area contributed by atoms with E-state index in [4.69, 9.17) is 9.47 Å². The smallest absolute Gasteiger partial charge is 0.407 e. The number of nitrogens with one attached hydrogen (secondary N) is 1. The van der Waals surface area contributed by atoms with E-state index in [1.54, 1.807) is 0 Å².